The first-order valence-electron chi connectivity index (χ1n) is 13.0. The molecule has 0 saturated carbocycles. The van der Waals surface area contributed by atoms with Crippen molar-refractivity contribution < 1.29 is 19.4 Å². The lowest BCUT2D eigenvalue weighted by Crippen LogP contribution is -2.35. The molecular formula is C28H44N4O4S. The molecule has 3 heterocycles. The van der Waals surface area contributed by atoms with E-state index in [1.54, 1.807) is 16.2 Å². The van der Waals surface area contributed by atoms with E-state index in [-0.39, 0.29) is 17.4 Å². The minimum absolute atomic E-state index is 0.0463. The van der Waals surface area contributed by atoms with E-state index < -0.39 is 0 Å². The number of carbonyl (C=O) groups is 2. The Hall–Kier alpha value is -2.33. The molecule has 1 atom stereocenters. The van der Waals surface area contributed by atoms with Gasteiger partial charge in [0, 0.05) is 39.1 Å². The van der Waals surface area contributed by atoms with Gasteiger partial charge in [-0.15, -0.1) is 11.3 Å². The van der Waals surface area contributed by atoms with E-state index in [0.29, 0.717) is 25.9 Å². The van der Waals surface area contributed by atoms with Gasteiger partial charge in [0.1, 0.15) is 0 Å². The number of likely N-dealkylation sites (N-methyl/N-ethyl adjacent to an activating group) is 1. The van der Waals surface area contributed by atoms with Gasteiger partial charge in [-0.1, -0.05) is 52.0 Å². The van der Waals surface area contributed by atoms with Gasteiger partial charge in [-0.05, 0) is 36.4 Å². The Morgan fingerprint density at radius 3 is 2.35 bits per heavy atom. The number of nitrogens with zero attached hydrogens (tertiary/aromatic N) is 3. The topological polar surface area (TPSA) is 95.0 Å². The van der Waals surface area contributed by atoms with E-state index >= 15 is 0 Å². The van der Waals surface area contributed by atoms with Gasteiger partial charge in [0.2, 0.25) is 12.3 Å². The van der Waals surface area contributed by atoms with Crippen LogP contribution in [0.2, 0.25) is 0 Å². The minimum Gasteiger partial charge on any atom is -0.391 e. The highest BCUT2D eigenvalue weighted by Crippen LogP contribution is 2.27. The number of β-amino-alcohol motifs (C(OH)–C–C–N with tert-alkyl or cyclic N) is 1. The second-order valence-electron chi connectivity index (χ2n) is 10.5. The van der Waals surface area contributed by atoms with E-state index in [4.69, 9.17) is 4.74 Å². The van der Waals surface area contributed by atoms with Crippen molar-refractivity contribution in [3.63, 3.8) is 0 Å². The fraction of sp³-hybridized carbons (Fsp3) is 0.607. The van der Waals surface area contributed by atoms with Crippen LogP contribution in [-0.2, 0) is 20.9 Å². The van der Waals surface area contributed by atoms with Crippen molar-refractivity contribution in [1.29, 1.82) is 0 Å². The molecule has 2 N–H and O–H groups in total. The molecule has 1 aromatic carbocycles. The maximum atomic E-state index is 11.6. The molecule has 9 heteroatoms. The second-order valence-corrected chi connectivity index (χ2v) is 11.4. The monoisotopic (exact) mass is 532 g/mol. The molecule has 0 aliphatic carbocycles. The average molecular weight is 533 g/mol. The van der Waals surface area contributed by atoms with Gasteiger partial charge in [-0.25, -0.2) is 4.98 Å². The number of morpholine rings is 1. The van der Waals surface area contributed by atoms with Crippen LogP contribution >= 0.6 is 11.3 Å². The van der Waals surface area contributed by atoms with Crippen LogP contribution < -0.4 is 5.32 Å². The predicted molar refractivity (Wildman–Crippen MR) is 149 cm³/mol. The van der Waals surface area contributed by atoms with Crippen LogP contribution in [0, 0.1) is 12.3 Å². The Balaban J connectivity index is 0.000000206. The molecule has 0 radical (unpaired) electrons. The normalized spacial score (nSPS) is 17.8. The fourth-order valence-corrected chi connectivity index (χ4v) is 4.78. The molecule has 2 saturated heterocycles. The lowest BCUT2D eigenvalue weighted by molar-refractivity contribution is -0.132. The van der Waals surface area contributed by atoms with Crippen LogP contribution in [0.15, 0.2) is 29.8 Å². The number of hydrogen-bond donors (Lipinski definition) is 2. The second kappa shape index (κ2) is 15.8. The molecule has 206 valence electrons. The number of amides is 2. The summed E-state index contributed by atoms with van der Waals surface area (Å²) in [5.74, 6) is 0.170. The van der Waals surface area contributed by atoms with Gasteiger partial charge >= 0.3 is 0 Å². The first-order chi connectivity index (χ1) is 17.6. The van der Waals surface area contributed by atoms with Gasteiger partial charge in [0.15, 0.2) is 0 Å². The summed E-state index contributed by atoms with van der Waals surface area (Å²) >= 11 is 1.64. The fourth-order valence-electron chi connectivity index (χ4n) is 3.96. The number of aryl methyl sites for hydroxylation is 1. The predicted octanol–water partition coefficient (Wildman–Crippen LogP) is 3.72. The summed E-state index contributed by atoms with van der Waals surface area (Å²) in [7, 11) is 0. The maximum absolute atomic E-state index is 11.6. The number of aromatic nitrogens is 1. The van der Waals surface area contributed by atoms with Gasteiger partial charge in [0.25, 0.3) is 0 Å². The highest BCUT2D eigenvalue weighted by Gasteiger charge is 2.27. The molecule has 0 bridgehead atoms. The molecular weight excluding hydrogens is 488 g/mol. The Morgan fingerprint density at radius 2 is 1.89 bits per heavy atom. The van der Waals surface area contributed by atoms with Crippen LogP contribution in [0.3, 0.4) is 0 Å². The summed E-state index contributed by atoms with van der Waals surface area (Å²) in [4.78, 5) is 31.4. The third-order valence-electron chi connectivity index (χ3n) is 6.10. The van der Waals surface area contributed by atoms with Crippen LogP contribution in [0.1, 0.15) is 51.8 Å². The van der Waals surface area contributed by atoms with Crippen molar-refractivity contribution in [3.05, 3.63) is 41.0 Å². The Kier molecular flexibility index (Phi) is 13.2. The Labute approximate surface area is 226 Å². The Bertz CT molecular complexity index is 936. The smallest absolute Gasteiger partial charge is 0.223 e. The number of hydrogen-bond acceptors (Lipinski definition) is 7. The minimum atomic E-state index is -0.302. The first kappa shape index (κ1) is 30.9. The third kappa shape index (κ3) is 11.7. The van der Waals surface area contributed by atoms with E-state index in [1.165, 1.54) is 17.0 Å². The standard InChI is InChI=1S/C12H12N2OS.C10H19NO2.C6H13NO/c1-9-12(16-8-14-9)11-4-2-10(3-5-11)6-13-7-15;1-10(2,3)6-9(13)11-5-4-8(12)7-11;1-2-7-3-5-8-6-4-7/h2-5,7-8H,6H2,1H3,(H,13,15);8,12H,4-7H2,1-3H3;2-6H2,1H3. The van der Waals surface area contributed by atoms with Crippen molar-refractivity contribution in [2.45, 2.75) is 60.1 Å². The lowest BCUT2D eigenvalue weighted by Gasteiger charge is -2.24. The molecule has 1 aromatic heterocycles. The summed E-state index contributed by atoms with van der Waals surface area (Å²) in [6.45, 7) is 17.4. The maximum Gasteiger partial charge on any atom is 0.223 e. The molecule has 0 spiro atoms. The van der Waals surface area contributed by atoms with Crippen molar-refractivity contribution in [1.82, 2.24) is 20.1 Å². The van der Waals surface area contributed by atoms with E-state index in [2.05, 4.69) is 55.0 Å². The number of likely N-dealkylation sites (tertiary alicyclic amines) is 1. The Morgan fingerprint density at radius 1 is 1.22 bits per heavy atom. The van der Waals surface area contributed by atoms with Crippen molar-refractivity contribution in [2.75, 3.05) is 45.9 Å². The van der Waals surface area contributed by atoms with Gasteiger partial charge in [0.05, 0.1) is 35.4 Å². The van der Waals surface area contributed by atoms with Crippen molar-refractivity contribution in [2.24, 2.45) is 5.41 Å². The van der Waals surface area contributed by atoms with Gasteiger partial charge < -0.3 is 20.1 Å². The van der Waals surface area contributed by atoms with Gasteiger partial charge in [-0.2, -0.15) is 0 Å². The summed E-state index contributed by atoms with van der Waals surface area (Å²) in [5.41, 5.74) is 5.23. The number of ether oxygens (including phenoxy) is 1. The number of aliphatic hydroxyl groups is 1. The summed E-state index contributed by atoms with van der Waals surface area (Å²) in [6, 6.07) is 8.15. The molecule has 1 unspecified atom stereocenters. The molecule has 8 nitrogen and oxygen atoms in total. The highest BCUT2D eigenvalue weighted by atomic mass is 32.1. The molecule has 2 amide bonds. The number of rotatable bonds is 6. The third-order valence-corrected chi connectivity index (χ3v) is 7.08. The van der Waals surface area contributed by atoms with E-state index in [1.807, 2.05) is 24.6 Å². The number of benzene rings is 1. The van der Waals surface area contributed by atoms with Gasteiger partial charge in [-0.3, -0.25) is 14.5 Å². The zero-order valence-corrected chi connectivity index (χ0v) is 23.9. The number of aliphatic hydroxyl groups excluding tert-OH is 1. The first-order valence-corrected chi connectivity index (χ1v) is 13.9. The zero-order valence-electron chi connectivity index (χ0n) is 23.0. The lowest BCUT2D eigenvalue weighted by atomic mass is 9.92. The summed E-state index contributed by atoms with van der Waals surface area (Å²) in [5, 5.41) is 11.9. The van der Waals surface area contributed by atoms with E-state index in [9.17, 15) is 14.7 Å². The molecule has 2 aliphatic heterocycles. The summed E-state index contributed by atoms with van der Waals surface area (Å²) < 4.78 is 5.16. The molecule has 2 fully saturated rings. The number of carbonyl (C=O) groups excluding carboxylic acids is 2. The molecule has 4 rings (SSSR count). The molecule has 2 aromatic rings. The molecule has 37 heavy (non-hydrogen) atoms. The quantitative estimate of drug-likeness (QED) is 0.551. The van der Waals surface area contributed by atoms with E-state index in [0.717, 1.165) is 50.5 Å². The summed E-state index contributed by atoms with van der Waals surface area (Å²) in [6.07, 6.45) is 1.71. The average Bonchev–Trinajstić information content (AvgIpc) is 3.51. The largest absolute Gasteiger partial charge is 0.391 e. The van der Waals surface area contributed by atoms with Crippen molar-refractivity contribution in [3.8, 4) is 10.4 Å². The number of nitrogens with one attached hydrogen (secondary N) is 1. The highest BCUT2D eigenvalue weighted by molar-refractivity contribution is 7.13. The van der Waals surface area contributed by atoms with Crippen LogP contribution in [0.5, 0.6) is 0 Å². The zero-order chi connectivity index (χ0) is 27.3. The number of thiazole rings is 1. The van der Waals surface area contributed by atoms with Crippen LogP contribution in [0.25, 0.3) is 10.4 Å². The van der Waals surface area contributed by atoms with Crippen molar-refractivity contribution >= 4 is 23.7 Å². The van der Waals surface area contributed by atoms with Crippen LogP contribution in [-0.4, -0.2) is 84.2 Å². The molecule has 2 aliphatic rings. The SMILES string of the molecule is CC(C)(C)CC(=O)N1CCC(O)C1.CCN1CCOCC1.Cc1ncsc1-c1ccc(CNC=O)cc1. The van der Waals surface area contributed by atoms with Crippen LogP contribution in [0.4, 0.5) is 0 Å².